The molecular formula is C23H21NO2. The number of carbonyl (C=O) groups excluding carboxylic acids is 1. The molecule has 1 aliphatic rings. The number of hydrogen-bond acceptors (Lipinski definition) is 2. The summed E-state index contributed by atoms with van der Waals surface area (Å²) in [4.78, 5) is 14.6. The van der Waals surface area contributed by atoms with E-state index in [4.69, 9.17) is 4.74 Å². The molecule has 0 bridgehead atoms. The molecule has 0 radical (unpaired) electrons. The van der Waals surface area contributed by atoms with E-state index in [1.54, 1.807) is 0 Å². The minimum atomic E-state index is -0.524. The predicted octanol–water partition coefficient (Wildman–Crippen LogP) is 4.71. The number of carbonyl (C=O) groups is 1. The third-order valence-corrected chi connectivity index (χ3v) is 4.78. The molecule has 1 heterocycles. The first-order chi connectivity index (χ1) is 12.7. The van der Waals surface area contributed by atoms with E-state index in [0.717, 1.165) is 29.8 Å². The Labute approximate surface area is 153 Å². The number of nitrogens with zero attached hydrogens (tertiary/aromatic N) is 1. The zero-order valence-corrected chi connectivity index (χ0v) is 14.8. The lowest BCUT2D eigenvalue weighted by atomic mass is 10.1. The van der Waals surface area contributed by atoms with Gasteiger partial charge in [-0.05, 0) is 48.2 Å². The van der Waals surface area contributed by atoms with Gasteiger partial charge in [0.25, 0.3) is 5.91 Å². The number of ether oxygens (including phenoxy) is 1. The zero-order valence-electron chi connectivity index (χ0n) is 14.8. The SMILES string of the molecule is CC(Oc1ccc(-c2ccccc2)cc1)C(=O)N1CCc2ccccc21. The number of para-hydroxylation sites is 1. The Kier molecular flexibility index (Phi) is 4.44. The van der Waals surface area contributed by atoms with Gasteiger partial charge in [-0.15, -0.1) is 0 Å². The number of rotatable bonds is 4. The largest absolute Gasteiger partial charge is 0.481 e. The van der Waals surface area contributed by atoms with E-state index < -0.39 is 6.10 Å². The fourth-order valence-corrected chi connectivity index (χ4v) is 3.40. The highest BCUT2D eigenvalue weighted by molar-refractivity contribution is 5.98. The fourth-order valence-electron chi connectivity index (χ4n) is 3.40. The van der Waals surface area contributed by atoms with Gasteiger partial charge < -0.3 is 9.64 Å². The van der Waals surface area contributed by atoms with Gasteiger partial charge in [0.15, 0.2) is 6.10 Å². The first kappa shape index (κ1) is 16.4. The number of anilines is 1. The van der Waals surface area contributed by atoms with Gasteiger partial charge in [-0.3, -0.25) is 4.79 Å². The van der Waals surface area contributed by atoms with Crippen molar-refractivity contribution >= 4 is 11.6 Å². The Morgan fingerprint density at radius 3 is 2.31 bits per heavy atom. The van der Waals surface area contributed by atoms with Crippen LogP contribution in [0.5, 0.6) is 5.75 Å². The third-order valence-electron chi connectivity index (χ3n) is 4.78. The van der Waals surface area contributed by atoms with Crippen molar-refractivity contribution in [3.05, 3.63) is 84.4 Å². The summed E-state index contributed by atoms with van der Waals surface area (Å²) >= 11 is 0. The van der Waals surface area contributed by atoms with Crippen LogP contribution in [0.1, 0.15) is 12.5 Å². The summed E-state index contributed by atoms with van der Waals surface area (Å²) in [6.45, 7) is 2.53. The van der Waals surface area contributed by atoms with E-state index in [-0.39, 0.29) is 5.91 Å². The Hall–Kier alpha value is -3.07. The molecule has 3 aromatic rings. The maximum Gasteiger partial charge on any atom is 0.267 e. The second-order valence-electron chi connectivity index (χ2n) is 6.52. The number of hydrogen-bond donors (Lipinski definition) is 0. The predicted molar refractivity (Wildman–Crippen MR) is 104 cm³/mol. The molecule has 3 heteroatoms. The summed E-state index contributed by atoms with van der Waals surface area (Å²) in [7, 11) is 0. The van der Waals surface area contributed by atoms with Crippen LogP contribution in [0.25, 0.3) is 11.1 Å². The Balaban J connectivity index is 1.45. The molecule has 0 aromatic heterocycles. The molecule has 130 valence electrons. The lowest BCUT2D eigenvalue weighted by Crippen LogP contribution is -2.39. The number of fused-ring (bicyclic) bond motifs is 1. The molecule has 4 rings (SSSR count). The number of benzene rings is 3. The van der Waals surface area contributed by atoms with Gasteiger partial charge in [0.05, 0.1) is 0 Å². The maximum atomic E-state index is 12.8. The van der Waals surface area contributed by atoms with E-state index in [9.17, 15) is 4.79 Å². The summed E-state index contributed by atoms with van der Waals surface area (Å²) in [6.07, 6.45) is 0.379. The second-order valence-corrected chi connectivity index (χ2v) is 6.52. The van der Waals surface area contributed by atoms with Gasteiger partial charge in [0.1, 0.15) is 5.75 Å². The van der Waals surface area contributed by atoms with Crippen LogP contribution in [0, 0.1) is 0 Å². The van der Waals surface area contributed by atoms with Gasteiger partial charge in [-0.25, -0.2) is 0 Å². The van der Waals surface area contributed by atoms with Crippen molar-refractivity contribution in [3.8, 4) is 16.9 Å². The normalized spacial score (nSPS) is 14.0. The van der Waals surface area contributed by atoms with Crippen molar-refractivity contribution in [2.75, 3.05) is 11.4 Å². The van der Waals surface area contributed by atoms with Crippen molar-refractivity contribution in [1.82, 2.24) is 0 Å². The molecular weight excluding hydrogens is 322 g/mol. The van der Waals surface area contributed by atoms with Crippen molar-refractivity contribution in [2.45, 2.75) is 19.4 Å². The molecule has 1 aliphatic heterocycles. The lowest BCUT2D eigenvalue weighted by Gasteiger charge is -2.22. The number of amides is 1. The highest BCUT2D eigenvalue weighted by Crippen LogP contribution is 2.29. The van der Waals surface area contributed by atoms with Crippen LogP contribution in [0.2, 0.25) is 0 Å². The van der Waals surface area contributed by atoms with E-state index in [1.165, 1.54) is 5.56 Å². The van der Waals surface area contributed by atoms with Crippen LogP contribution in [0.3, 0.4) is 0 Å². The molecule has 1 amide bonds. The Bertz CT molecular complexity index is 903. The minimum absolute atomic E-state index is 0.00193. The topological polar surface area (TPSA) is 29.5 Å². The van der Waals surface area contributed by atoms with Crippen molar-refractivity contribution in [2.24, 2.45) is 0 Å². The molecule has 3 aromatic carbocycles. The van der Waals surface area contributed by atoms with Crippen LogP contribution >= 0.6 is 0 Å². The molecule has 0 N–H and O–H groups in total. The Morgan fingerprint density at radius 1 is 0.885 bits per heavy atom. The quantitative estimate of drug-likeness (QED) is 0.686. The van der Waals surface area contributed by atoms with Crippen LogP contribution in [-0.2, 0) is 11.2 Å². The zero-order chi connectivity index (χ0) is 17.9. The van der Waals surface area contributed by atoms with E-state index in [1.807, 2.05) is 72.5 Å². The maximum absolute atomic E-state index is 12.8. The molecule has 1 atom stereocenters. The molecule has 26 heavy (non-hydrogen) atoms. The van der Waals surface area contributed by atoms with Gasteiger partial charge in [-0.2, -0.15) is 0 Å². The van der Waals surface area contributed by atoms with E-state index >= 15 is 0 Å². The molecule has 0 spiro atoms. The van der Waals surface area contributed by atoms with Crippen LogP contribution in [0.15, 0.2) is 78.9 Å². The average molecular weight is 343 g/mol. The second kappa shape index (κ2) is 7.04. The van der Waals surface area contributed by atoms with Gasteiger partial charge >= 0.3 is 0 Å². The monoisotopic (exact) mass is 343 g/mol. The first-order valence-electron chi connectivity index (χ1n) is 8.94. The third kappa shape index (κ3) is 3.21. The van der Waals surface area contributed by atoms with Crippen LogP contribution in [0.4, 0.5) is 5.69 Å². The fraction of sp³-hybridized carbons (Fsp3) is 0.174. The first-order valence-corrected chi connectivity index (χ1v) is 8.94. The molecule has 0 fully saturated rings. The summed E-state index contributed by atoms with van der Waals surface area (Å²) < 4.78 is 5.90. The molecule has 3 nitrogen and oxygen atoms in total. The highest BCUT2D eigenvalue weighted by Gasteiger charge is 2.28. The Morgan fingerprint density at radius 2 is 1.54 bits per heavy atom. The van der Waals surface area contributed by atoms with E-state index in [0.29, 0.717) is 5.75 Å². The van der Waals surface area contributed by atoms with Crippen molar-refractivity contribution in [3.63, 3.8) is 0 Å². The van der Waals surface area contributed by atoms with Crippen LogP contribution in [-0.4, -0.2) is 18.6 Å². The van der Waals surface area contributed by atoms with Crippen molar-refractivity contribution < 1.29 is 9.53 Å². The smallest absolute Gasteiger partial charge is 0.267 e. The highest BCUT2D eigenvalue weighted by atomic mass is 16.5. The minimum Gasteiger partial charge on any atom is -0.481 e. The van der Waals surface area contributed by atoms with Crippen molar-refractivity contribution in [1.29, 1.82) is 0 Å². The lowest BCUT2D eigenvalue weighted by molar-refractivity contribution is -0.124. The summed E-state index contributed by atoms with van der Waals surface area (Å²) in [5, 5.41) is 0. The summed E-state index contributed by atoms with van der Waals surface area (Å²) in [5.41, 5.74) is 4.52. The average Bonchev–Trinajstić information content (AvgIpc) is 3.13. The molecule has 0 saturated carbocycles. The molecule has 0 saturated heterocycles. The standard InChI is InChI=1S/C23H21NO2/c1-17(23(25)24-16-15-20-9-5-6-10-22(20)24)26-21-13-11-19(12-14-21)18-7-3-2-4-8-18/h2-14,17H,15-16H2,1H3. The van der Waals surface area contributed by atoms with Gasteiger partial charge in [0, 0.05) is 12.2 Å². The van der Waals surface area contributed by atoms with Gasteiger partial charge in [-0.1, -0.05) is 60.7 Å². The van der Waals surface area contributed by atoms with Gasteiger partial charge in [0.2, 0.25) is 0 Å². The van der Waals surface area contributed by atoms with Crippen LogP contribution < -0.4 is 9.64 Å². The summed E-state index contributed by atoms with van der Waals surface area (Å²) in [5.74, 6) is 0.708. The van der Waals surface area contributed by atoms with E-state index in [2.05, 4.69) is 18.2 Å². The summed E-state index contributed by atoms with van der Waals surface area (Å²) in [6, 6.07) is 26.2. The molecule has 0 aliphatic carbocycles. The molecule has 1 unspecified atom stereocenters.